The van der Waals surface area contributed by atoms with Gasteiger partial charge in [-0.1, -0.05) is 6.92 Å². The van der Waals surface area contributed by atoms with Gasteiger partial charge >= 0.3 is 6.18 Å². The van der Waals surface area contributed by atoms with E-state index >= 15 is 0 Å². The van der Waals surface area contributed by atoms with Crippen LogP contribution in [0, 0.1) is 5.92 Å². The second-order valence-corrected chi connectivity index (χ2v) is 4.35. The van der Waals surface area contributed by atoms with Crippen molar-refractivity contribution in [3.8, 4) is 0 Å². The van der Waals surface area contributed by atoms with Gasteiger partial charge in [0.1, 0.15) is 6.04 Å². The van der Waals surface area contributed by atoms with E-state index in [1.165, 1.54) is 12.4 Å². The zero-order chi connectivity index (χ0) is 13.6. The summed E-state index contributed by atoms with van der Waals surface area (Å²) in [6.45, 7) is 1.69. The SMILES string of the molecule is CC(CO)CNC(Cc1ccncc1)C(F)(F)F. The van der Waals surface area contributed by atoms with E-state index in [0.717, 1.165) is 0 Å². The summed E-state index contributed by atoms with van der Waals surface area (Å²) in [6.07, 6.45) is -1.50. The van der Waals surface area contributed by atoms with Gasteiger partial charge in [-0.2, -0.15) is 13.2 Å². The number of halogens is 3. The van der Waals surface area contributed by atoms with Crippen molar-refractivity contribution in [3.63, 3.8) is 0 Å². The minimum atomic E-state index is -4.31. The minimum absolute atomic E-state index is 0.131. The summed E-state index contributed by atoms with van der Waals surface area (Å²) >= 11 is 0. The maximum Gasteiger partial charge on any atom is 0.404 e. The van der Waals surface area contributed by atoms with Crippen LogP contribution in [0.1, 0.15) is 12.5 Å². The van der Waals surface area contributed by atoms with Gasteiger partial charge in [-0.15, -0.1) is 0 Å². The highest BCUT2D eigenvalue weighted by Gasteiger charge is 2.39. The van der Waals surface area contributed by atoms with Crippen molar-refractivity contribution in [3.05, 3.63) is 30.1 Å². The van der Waals surface area contributed by atoms with Gasteiger partial charge < -0.3 is 10.4 Å². The van der Waals surface area contributed by atoms with Gasteiger partial charge in [0.2, 0.25) is 0 Å². The number of hydrogen-bond donors (Lipinski definition) is 2. The minimum Gasteiger partial charge on any atom is -0.396 e. The van der Waals surface area contributed by atoms with Crippen LogP contribution in [0.15, 0.2) is 24.5 Å². The number of rotatable bonds is 6. The molecule has 0 bridgehead atoms. The van der Waals surface area contributed by atoms with E-state index in [-0.39, 0.29) is 25.5 Å². The predicted molar refractivity (Wildman–Crippen MR) is 62.0 cm³/mol. The molecule has 0 amide bonds. The monoisotopic (exact) mass is 262 g/mol. The number of nitrogens with one attached hydrogen (secondary N) is 1. The molecule has 0 aliphatic heterocycles. The lowest BCUT2D eigenvalue weighted by atomic mass is 10.1. The van der Waals surface area contributed by atoms with E-state index in [2.05, 4.69) is 10.3 Å². The molecule has 6 heteroatoms. The molecule has 0 radical (unpaired) electrons. The molecular formula is C12H17F3N2O. The third kappa shape index (κ3) is 5.01. The molecule has 0 saturated carbocycles. The average Bonchev–Trinajstić information content (AvgIpc) is 2.33. The van der Waals surface area contributed by atoms with E-state index in [9.17, 15) is 13.2 Å². The number of aliphatic hydroxyl groups is 1. The number of alkyl halides is 3. The van der Waals surface area contributed by atoms with E-state index in [1.807, 2.05) is 0 Å². The van der Waals surface area contributed by atoms with Gasteiger partial charge in [-0.3, -0.25) is 4.98 Å². The quantitative estimate of drug-likeness (QED) is 0.821. The van der Waals surface area contributed by atoms with Gasteiger partial charge in [-0.05, 0) is 30.0 Å². The zero-order valence-electron chi connectivity index (χ0n) is 10.1. The maximum absolute atomic E-state index is 12.8. The van der Waals surface area contributed by atoms with Crippen LogP contribution in [0.2, 0.25) is 0 Å². The third-order valence-corrected chi connectivity index (χ3v) is 2.61. The first kappa shape index (κ1) is 14.9. The summed E-state index contributed by atoms with van der Waals surface area (Å²) in [4.78, 5) is 3.77. The smallest absolute Gasteiger partial charge is 0.396 e. The lowest BCUT2D eigenvalue weighted by molar-refractivity contribution is -0.156. The molecule has 102 valence electrons. The van der Waals surface area contributed by atoms with Crippen molar-refractivity contribution in [1.82, 2.24) is 10.3 Å². The molecule has 0 fully saturated rings. The van der Waals surface area contributed by atoms with Crippen molar-refractivity contribution in [2.75, 3.05) is 13.2 Å². The number of aliphatic hydroxyl groups excluding tert-OH is 1. The lowest BCUT2D eigenvalue weighted by Crippen LogP contribution is -2.45. The third-order valence-electron chi connectivity index (χ3n) is 2.61. The number of pyridine rings is 1. The first-order chi connectivity index (χ1) is 8.43. The summed E-state index contributed by atoms with van der Waals surface area (Å²) in [6, 6.07) is 1.53. The Morgan fingerprint density at radius 2 is 1.94 bits per heavy atom. The molecule has 1 heterocycles. The molecule has 1 rings (SSSR count). The molecule has 0 aromatic carbocycles. The first-order valence-corrected chi connectivity index (χ1v) is 5.73. The normalized spacial score (nSPS) is 15.4. The van der Waals surface area contributed by atoms with Crippen molar-refractivity contribution in [2.45, 2.75) is 25.6 Å². The molecule has 3 nitrogen and oxygen atoms in total. The first-order valence-electron chi connectivity index (χ1n) is 5.73. The Kier molecular flexibility index (Phi) is 5.55. The fourth-order valence-electron chi connectivity index (χ4n) is 1.47. The fraction of sp³-hybridized carbons (Fsp3) is 0.583. The summed E-state index contributed by atoms with van der Waals surface area (Å²) < 4.78 is 38.5. The summed E-state index contributed by atoms with van der Waals surface area (Å²) in [7, 11) is 0. The number of nitrogens with zero attached hydrogens (tertiary/aromatic N) is 1. The van der Waals surface area contributed by atoms with Gasteiger partial charge in [0, 0.05) is 25.5 Å². The highest BCUT2D eigenvalue weighted by Crippen LogP contribution is 2.23. The van der Waals surface area contributed by atoms with Crippen molar-refractivity contribution >= 4 is 0 Å². The lowest BCUT2D eigenvalue weighted by Gasteiger charge is -2.23. The van der Waals surface area contributed by atoms with Gasteiger partial charge in [0.25, 0.3) is 0 Å². The molecule has 2 N–H and O–H groups in total. The maximum atomic E-state index is 12.8. The molecule has 0 aliphatic carbocycles. The van der Waals surface area contributed by atoms with Crippen LogP contribution in [0.3, 0.4) is 0 Å². The Morgan fingerprint density at radius 3 is 2.44 bits per heavy atom. The second kappa shape index (κ2) is 6.70. The Bertz CT molecular complexity index is 343. The molecule has 0 spiro atoms. The van der Waals surface area contributed by atoms with Crippen molar-refractivity contribution in [2.24, 2.45) is 5.92 Å². The summed E-state index contributed by atoms with van der Waals surface area (Å²) in [5.74, 6) is -0.202. The van der Waals surface area contributed by atoms with Crippen molar-refractivity contribution in [1.29, 1.82) is 0 Å². The molecular weight excluding hydrogens is 245 g/mol. The Morgan fingerprint density at radius 1 is 1.33 bits per heavy atom. The molecule has 1 aromatic heterocycles. The molecule has 0 saturated heterocycles. The standard InChI is InChI=1S/C12H17F3N2O/c1-9(8-18)7-17-11(12(13,14)15)6-10-2-4-16-5-3-10/h2-5,9,11,17-18H,6-8H2,1H3. The van der Waals surface area contributed by atoms with Gasteiger partial charge in [0.05, 0.1) is 0 Å². The van der Waals surface area contributed by atoms with Crippen LogP contribution >= 0.6 is 0 Å². The molecule has 2 unspecified atom stereocenters. The van der Waals surface area contributed by atoms with Gasteiger partial charge in [0.15, 0.2) is 0 Å². The second-order valence-electron chi connectivity index (χ2n) is 4.35. The van der Waals surface area contributed by atoms with Crippen LogP contribution in [-0.2, 0) is 6.42 Å². The van der Waals surface area contributed by atoms with Crippen LogP contribution < -0.4 is 5.32 Å². The molecule has 0 aliphatic rings. The summed E-state index contributed by atoms with van der Waals surface area (Å²) in [5.41, 5.74) is 0.580. The number of hydrogen-bond acceptors (Lipinski definition) is 3. The Labute approximate surface area is 104 Å². The topological polar surface area (TPSA) is 45.1 Å². The van der Waals surface area contributed by atoms with Crippen LogP contribution in [0.25, 0.3) is 0 Å². The summed E-state index contributed by atoms with van der Waals surface area (Å²) in [5, 5.41) is 11.3. The van der Waals surface area contributed by atoms with Crippen LogP contribution in [0.4, 0.5) is 13.2 Å². The molecule has 2 atom stereocenters. The van der Waals surface area contributed by atoms with E-state index in [0.29, 0.717) is 5.56 Å². The fourth-order valence-corrected chi connectivity index (χ4v) is 1.47. The highest BCUT2D eigenvalue weighted by molar-refractivity contribution is 5.12. The Hall–Kier alpha value is -1.14. The highest BCUT2D eigenvalue weighted by atomic mass is 19.4. The van der Waals surface area contributed by atoms with E-state index in [4.69, 9.17) is 5.11 Å². The average molecular weight is 262 g/mol. The van der Waals surface area contributed by atoms with E-state index < -0.39 is 12.2 Å². The Balaban J connectivity index is 2.62. The van der Waals surface area contributed by atoms with Crippen LogP contribution in [-0.4, -0.2) is 35.5 Å². The largest absolute Gasteiger partial charge is 0.404 e. The number of aromatic nitrogens is 1. The van der Waals surface area contributed by atoms with E-state index in [1.54, 1.807) is 19.1 Å². The van der Waals surface area contributed by atoms with Gasteiger partial charge in [-0.25, -0.2) is 0 Å². The van der Waals surface area contributed by atoms with Crippen LogP contribution in [0.5, 0.6) is 0 Å². The predicted octanol–water partition coefficient (Wildman–Crippen LogP) is 1.77. The zero-order valence-corrected chi connectivity index (χ0v) is 10.1. The van der Waals surface area contributed by atoms with Crippen molar-refractivity contribution < 1.29 is 18.3 Å². The molecule has 18 heavy (non-hydrogen) atoms. The molecule has 1 aromatic rings.